The predicted octanol–water partition coefficient (Wildman–Crippen LogP) is 4.59. The molecular weight excluding hydrogens is 378 g/mol. The average Bonchev–Trinajstić information content (AvgIpc) is 3.48. The van der Waals surface area contributed by atoms with E-state index in [1.807, 2.05) is 35.4 Å². The van der Waals surface area contributed by atoms with Gasteiger partial charge in [-0.2, -0.15) is 0 Å². The van der Waals surface area contributed by atoms with Gasteiger partial charge in [-0.1, -0.05) is 36.2 Å². The van der Waals surface area contributed by atoms with Crippen molar-refractivity contribution in [2.75, 3.05) is 19.3 Å². The monoisotopic (exact) mass is 402 g/mol. The Bertz CT molecular complexity index is 853. The van der Waals surface area contributed by atoms with Crippen LogP contribution in [0.4, 0.5) is 8.78 Å². The molecule has 4 rings (SSSR count). The van der Waals surface area contributed by atoms with Crippen LogP contribution in [0.2, 0.25) is 0 Å². The fourth-order valence-corrected chi connectivity index (χ4v) is 4.80. The van der Waals surface area contributed by atoms with Crippen LogP contribution >= 0.6 is 11.9 Å². The molecule has 1 saturated heterocycles. The summed E-state index contributed by atoms with van der Waals surface area (Å²) >= 11 is 1.60. The van der Waals surface area contributed by atoms with Gasteiger partial charge in [-0.15, -0.1) is 0 Å². The molecule has 1 heterocycles. The van der Waals surface area contributed by atoms with Crippen molar-refractivity contribution in [3.05, 3.63) is 59.7 Å². The Kier molecular flexibility index (Phi) is 5.69. The van der Waals surface area contributed by atoms with Crippen LogP contribution in [0.5, 0.6) is 0 Å². The summed E-state index contributed by atoms with van der Waals surface area (Å²) < 4.78 is 30.8. The molecule has 6 heteroatoms. The molecule has 2 aromatic carbocycles. The number of nitrogens with zero attached hydrogens (tertiary/aromatic N) is 1. The summed E-state index contributed by atoms with van der Waals surface area (Å²) in [6.45, 7) is 1.56. The van der Waals surface area contributed by atoms with Crippen molar-refractivity contribution in [3.8, 4) is 11.1 Å². The highest BCUT2D eigenvalue weighted by Gasteiger charge is 2.47. The second-order valence-corrected chi connectivity index (χ2v) is 8.28. The molecule has 28 heavy (non-hydrogen) atoms. The van der Waals surface area contributed by atoms with Crippen molar-refractivity contribution in [2.24, 2.45) is 5.92 Å². The van der Waals surface area contributed by atoms with Gasteiger partial charge in [0.2, 0.25) is 5.91 Å². The molecule has 2 aromatic rings. The molecule has 3 unspecified atom stereocenters. The zero-order valence-corrected chi connectivity index (χ0v) is 16.6. The molecule has 2 fully saturated rings. The zero-order chi connectivity index (χ0) is 19.7. The molecule has 0 aromatic heterocycles. The lowest BCUT2D eigenvalue weighted by molar-refractivity contribution is -0.133. The van der Waals surface area contributed by atoms with E-state index in [9.17, 15) is 13.6 Å². The Morgan fingerprint density at radius 3 is 2.68 bits per heavy atom. The van der Waals surface area contributed by atoms with Crippen LogP contribution in [-0.2, 0) is 4.79 Å². The Morgan fingerprint density at radius 1 is 1.18 bits per heavy atom. The second-order valence-electron chi connectivity index (χ2n) is 7.64. The standard InChI is InChI=1S/C22H24F2N2OS/c1-28-25-17-5-4-8-26(13-17)22(27)21-12-20(21)19-7-3-2-6-18(19)14-9-15(23)11-16(24)10-14/h2-3,6-7,9-11,17,20-21,25H,4-5,8,12-13H2,1H3. The maximum Gasteiger partial charge on any atom is 0.226 e. The highest BCUT2D eigenvalue weighted by molar-refractivity contribution is 7.96. The summed E-state index contributed by atoms with van der Waals surface area (Å²) in [5, 5.41) is 0. The third-order valence-electron chi connectivity index (χ3n) is 5.66. The fraction of sp³-hybridized carbons (Fsp3) is 0.409. The SMILES string of the molecule is CSNC1CCCN(C(=O)C2CC2c2ccccc2-c2cc(F)cc(F)c2)C1. The van der Waals surface area contributed by atoms with Crippen LogP contribution < -0.4 is 4.72 Å². The topological polar surface area (TPSA) is 32.3 Å². The first-order valence-corrected chi connectivity index (χ1v) is 10.9. The van der Waals surface area contributed by atoms with E-state index in [4.69, 9.17) is 0 Å². The molecule has 3 atom stereocenters. The number of carbonyl (C=O) groups is 1. The molecule has 2 aliphatic rings. The molecule has 1 saturated carbocycles. The van der Waals surface area contributed by atoms with E-state index < -0.39 is 11.6 Å². The number of likely N-dealkylation sites (tertiary alicyclic amines) is 1. The van der Waals surface area contributed by atoms with Crippen molar-refractivity contribution in [1.82, 2.24) is 9.62 Å². The molecule has 0 bridgehead atoms. The summed E-state index contributed by atoms with van der Waals surface area (Å²) in [5.41, 5.74) is 2.33. The highest BCUT2D eigenvalue weighted by atomic mass is 32.2. The first-order valence-electron chi connectivity index (χ1n) is 9.69. The zero-order valence-electron chi connectivity index (χ0n) is 15.8. The summed E-state index contributed by atoms with van der Waals surface area (Å²) in [6, 6.07) is 11.6. The van der Waals surface area contributed by atoms with Crippen molar-refractivity contribution in [2.45, 2.75) is 31.2 Å². The number of hydrogen-bond acceptors (Lipinski definition) is 3. The second kappa shape index (κ2) is 8.21. The van der Waals surface area contributed by atoms with Crippen molar-refractivity contribution >= 4 is 17.9 Å². The van der Waals surface area contributed by atoms with E-state index in [1.165, 1.54) is 12.1 Å². The fourth-order valence-electron chi connectivity index (χ4n) is 4.28. The van der Waals surface area contributed by atoms with Crippen molar-refractivity contribution in [3.63, 3.8) is 0 Å². The van der Waals surface area contributed by atoms with Gasteiger partial charge in [0.1, 0.15) is 11.6 Å². The Labute approximate surface area is 168 Å². The van der Waals surface area contributed by atoms with E-state index >= 15 is 0 Å². The van der Waals surface area contributed by atoms with Gasteiger partial charge in [0.05, 0.1) is 0 Å². The largest absolute Gasteiger partial charge is 0.341 e. The lowest BCUT2D eigenvalue weighted by atomic mass is 9.95. The normalized spacial score (nSPS) is 24.2. The number of carbonyl (C=O) groups excluding carboxylic acids is 1. The van der Waals surface area contributed by atoms with Gasteiger partial charge in [0.15, 0.2) is 0 Å². The minimum atomic E-state index is -0.589. The molecule has 1 aliphatic carbocycles. The first-order chi connectivity index (χ1) is 13.6. The molecule has 1 aliphatic heterocycles. The lowest BCUT2D eigenvalue weighted by Gasteiger charge is -2.33. The van der Waals surface area contributed by atoms with Crippen LogP contribution in [0.15, 0.2) is 42.5 Å². The van der Waals surface area contributed by atoms with Gasteiger partial charge in [0, 0.05) is 31.1 Å². The number of rotatable bonds is 5. The number of halogens is 2. The number of hydrogen-bond donors (Lipinski definition) is 1. The quantitative estimate of drug-likeness (QED) is 0.743. The van der Waals surface area contributed by atoms with E-state index in [0.29, 0.717) is 11.6 Å². The molecular formula is C22H24F2N2OS. The lowest BCUT2D eigenvalue weighted by Crippen LogP contribution is -2.46. The predicted molar refractivity (Wildman–Crippen MR) is 109 cm³/mol. The van der Waals surface area contributed by atoms with E-state index in [2.05, 4.69) is 4.72 Å². The van der Waals surface area contributed by atoms with Crippen LogP contribution in [0, 0.1) is 17.6 Å². The van der Waals surface area contributed by atoms with Gasteiger partial charge < -0.3 is 4.90 Å². The van der Waals surface area contributed by atoms with Gasteiger partial charge >= 0.3 is 0 Å². The third-order valence-corrected chi connectivity index (χ3v) is 6.23. The van der Waals surface area contributed by atoms with Crippen LogP contribution in [-0.4, -0.2) is 36.2 Å². The van der Waals surface area contributed by atoms with Crippen LogP contribution in [0.1, 0.15) is 30.7 Å². The minimum Gasteiger partial charge on any atom is -0.341 e. The summed E-state index contributed by atoms with van der Waals surface area (Å²) in [5.74, 6) is -0.892. The summed E-state index contributed by atoms with van der Waals surface area (Å²) in [7, 11) is 0. The summed E-state index contributed by atoms with van der Waals surface area (Å²) in [6.07, 6.45) is 4.90. The first kappa shape index (κ1) is 19.4. The van der Waals surface area contributed by atoms with Crippen LogP contribution in [0.3, 0.4) is 0 Å². The molecule has 148 valence electrons. The molecule has 1 amide bonds. The molecule has 3 nitrogen and oxygen atoms in total. The Balaban J connectivity index is 1.52. The number of amides is 1. The summed E-state index contributed by atoms with van der Waals surface area (Å²) in [4.78, 5) is 15.0. The molecule has 0 radical (unpaired) electrons. The van der Waals surface area contributed by atoms with Gasteiger partial charge in [0.25, 0.3) is 0 Å². The third kappa shape index (κ3) is 4.08. The molecule has 0 spiro atoms. The van der Waals surface area contributed by atoms with Crippen molar-refractivity contribution in [1.29, 1.82) is 0 Å². The average molecular weight is 403 g/mol. The maximum atomic E-state index is 13.7. The van der Waals surface area contributed by atoms with E-state index in [-0.39, 0.29) is 17.7 Å². The van der Waals surface area contributed by atoms with Gasteiger partial charge in [-0.3, -0.25) is 9.52 Å². The smallest absolute Gasteiger partial charge is 0.226 e. The van der Waals surface area contributed by atoms with Crippen molar-refractivity contribution < 1.29 is 13.6 Å². The van der Waals surface area contributed by atoms with Crippen LogP contribution in [0.25, 0.3) is 11.1 Å². The Hall–Kier alpha value is -1.92. The maximum absolute atomic E-state index is 13.7. The highest BCUT2D eigenvalue weighted by Crippen LogP contribution is 2.51. The number of benzene rings is 2. The van der Waals surface area contributed by atoms with Gasteiger partial charge in [-0.05, 0) is 60.3 Å². The number of nitrogens with one attached hydrogen (secondary N) is 1. The molecule has 1 N–H and O–H groups in total. The van der Waals surface area contributed by atoms with E-state index in [0.717, 1.165) is 49.5 Å². The number of piperidine rings is 1. The Morgan fingerprint density at radius 2 is 1.93 bits per heavy atom. The van der Waals surface area contributed by atoms with E-state index in [1.54, 1.807) is 11.9 Å². The minimum absolute atomic E-state index is 0.0346. The van der Waals surface area contributed by atoms with Gasteiger partial charge in [-0.25, -0.2) is 8.78 Å².